The van der Waals surface area contributed by atoms with Crippen molar-refractivity contribution in [3.05, 3.63) is 47.0 Å². The van der Waals surface area contributed by atoms with Gasteiger partial charge in [-0.05, 0) is 56.6 Å². The van der Waals surface area contributed by atoms with Crippen LogP contribution in [0.25, 0.3) is 0 Å². The summed E-state index contributed by atoms with van der Waals surface area (Å²) in [6.45, 7) is 8.78. The van der Waals surface area contributed by atoms with Crippen molar-refractivity contribution in [2.24, 2.45) is 5.41 Å². The zero-order valence-electron chi connectivity index (χ0n) is 12.4. The molecule has 2 fully saturated rings. The molecule has 0 aromatic heterocycles. The Hall–Kier alpha value is -1.57. The Balaban J connectivity index is 1.79. The fourth-order valence-electron chi connectivity index (χ4n) is 3.82. The molecular weight excluding hydrogens is 248 g/mol. The second-order valence-electron chi connectivity index (χ2n) is 6.46. The lowest BCUT2D eigenvalue weighted by Crippen LogP contribution is -2.32. The smallest absolute Gasteiger partial charge is 0.316 e. The lowest BCUT2D eigenvalue weighted by molar-refractivity contribution is -0.147. The van der Waals surface area contributed by atoms with Gasteiger partial charge >= 0.3 is 5.97 Å². The Bertz CT molecular complexity index is 525. The van der Waals surface area contributed by atoms with E-state index in [9.17, 15) is 4.79 Å². The topological polar surface area (TPSA) is 26.3 Å². The molecule has 3 rings (SSSR count). The minimum atomic E-state index is -0.366. The normalized spacial score (nSPS) is 29.8. The molecule has 2 heteroatoms. The van der Waals surface area contributed by atoms with E-state index in [1.54, 1.807) is 0 Å². The Kier molecular flexibility index (Phi) is 3.19. The lowest BCUT2D eigenvalue weighted by Gasteiger charge is -2.35. The second kappa shape index (κ2) is 4.76. The third kappa shape index (κ3) is 2.07. The average Bonchev–Trinajstić information content (AvgIpc) is 2.67. The minimum absolute atomic E-state index is 0.0404. The molecule has 1 spiro atoms. The Labute approximate surface area is 120 Å². The molecular formula is C18H22O2. The van der Waals surface area contributed by atoms with Crippen molar-refractivity contribution in [1.82, 2.24) is 0 Å². The van der Waals surface area contributed by atoms with Gasteiger partial charge in [-0.3, -0.25) is 4.79 Å². The number of hydrogen-bond acceptors (Lipinski definition) is 2. The number of esters is 1. The van der Waals surface area contributed by atoms with Gasteiger partial charge in [-0.1, -0.05) is 35.9 Å². The number of carbonyl (C=O) groups excluding carboxylic acids is 1. The molecule has 1 aromatic rings. The van der Waals surface area contributed by atoms with E-state index in [0.29, 0.717) is 12.5 Å². The zero-order valence-corrected chi connectivity index (χ0v) is 12.4. The Morgan fingerprint density at radius 2 is 1.75 bits per heavy atom. The zero-order chi connectivity index (χ0) is 14.3. The van der Waals surface area contributed by atoms with Crippen LogP contribution >= 0.6 is 0 Å². The van der Waals surface area contributed by atoms with Crippen LogP contribution in [0.4, 0.5) is 0 Å². The molecule has 20 heavy (non-hydrogen) atoms. The summed E-state index contributed by atoms with van der Waals surface area (Å²) >= 11 is 0. The highest BCUT2D eigenvalue weighted by atomic mass is 16.5. The highest BCUT2D eigenvalue weighted by Crippen LogP contribution is 2.50. The van der Waals surface area contributed by atoms with E-state index in [1.807, 2.05) is 0 Å². The van der Waals surface area contributed by atoms with Gasteiger partial charge in [0.05, 0.1) is 5.41 Å². The largest absolute Gasteiger partial charge is 0.460 e. The number of hydrogen-bond donors (Lipinski definition) is 0. The third-order valence-electron chi connectivity index (χ3n) is 5.00. The van der Waals surface area contributed by atoms with Crippen molar-refractivity contribution in [2.75, 3.05) is 6.61 Å². The molecule has 1 saturated carbocycles. The van der Waals surface area contributed by atoms with E-state index in [4.69, 9.17) is 4.74 Å². The molecule has 2 aliphatic rings. The van der Waals surface area contributed by atoms with E-state index < -0.39 is 0 Å². The molecule has 0 unspecified atom stereocenters. The van der Waals surface area contributed by atoms with Gasteiger partial charge in [-0.15, -0.1) is 0 Å². The summed E-state index contributed by atoms with van der Waals surface area (Å²) in [7, 11) is 0. The fourth-order valence-corrected chi connectivity index (χ4v) is 3.82. The van der Waals surface area contributed by atoms with Gasteiger partial charge < -0.3 is 4.74 Å². The highest BCUT2D eigenvalue weighted by molar-refractivity contribution is 5.83. The van der Waals surface area contributed by atoms with E-state index in [-0.39, 0.29) is 11.4 Å². The molecule has 0 radical (unpaired) electrons. The molecule has 0 atom stereocenters. The lowest BCUT2D eigenvalue weighted by atomic mass is 9.66. The number of rotatable bonds is 1. The maximum Gasteiger partial charge on any atom is 0.316 e. The molecule has 2 nitrogen and oxygen atoms in total. The van der Waals surface area contributed by atoms with Gasteiger partial charge in [-0.2, -0.15) is 0 Å². The molecule has 1 heterocycles. The molecule has 1 aromatic carbocycles. The van der Waals surface area contributed by atoms with Crippen LogP contribution < -0.4 is 0 Å². The van der Waals surface area contributed by atoms with Crippen molar-refractivity contribution in [3.63, 3.8) is 0 Å². The van der Waals surface area contributed by atoms with Crippen molar-refractivity contribution in [2.45, 2.75) is 45.4 Å². The SMILES string of the molecule is C=C1COC(=O)C12CCC(c1cc(C)cc(C)c1)CC2. The van der Waals surface area contributed by atoms with Gasteiger partial charge in [0.25, 0.3) is 0 Å². The van der Waals surface area contributed by atoms with Crippen LogP contribution in [0.15, 0.2) is 30.4 Å². The summed E-state index contributed by atoms with van der Waals surface area (Å²) in [4.78, 5) is 12.0. The van der Waals surface area contributed by atoms with E-state index >= 15 is 0 Å². The van der Waals surface area contributed by atoms with Crippen LogP contribution in [0.1, 0.15) is 48.3 Å². The Morgan fingerprint density at radius 3 is 2.25 bits per heavy atom. The standard InChI is InChI=1S/C18H22O2/c1-12-8-13(2)10-16(9-12)15-4-6-18(7-5-15)14(3)11-20-17(18)19/h8-10,15H,3-7,11H2,1-2H3. The van der Waals surface area contributed by atoms with Gasteiger partial charge in [0.2, 0.25) is 0 Å². The maximum atomic E-state index is 12.0. The quantitative estimate of drug-likeness (QED) is 0.568. The number of cyclic esters (lactones) is 1. The number of carbonyl (C=O) groups is 1. The number of ether oxygens (including phenoxy) is 1. The van der Waals surface area contributed by atoms with Crippen LogP contribution in [0.2, 0.25) is 0 Å². The van der Waals surface area contributed by atoms with Crippen LogP contribution in [0.5, 0.6) is 0 Å². The van der Waals surface area contributed by atoms with E-state index in [0.717, 1.165) is 31.3 Å². The van der Waals surface area contributed by atoms with E-state index in [2.05, 4.69) is 38.6 Å². The van der Waals surface area contributed by atoms with Gasteiger partial charge in [0.15, 0.2) is 0 Å². The van der Waals surface area contributed by atoms with Crippen LogP contribution in [-0.4, -0.2) is 12.6 Å². The second-order valence-corrected chi connectivity index (χ2v) is 6.46. The first-order valence-electron chi connectivity index (χ1n) is 7.45. The number of aryl methyl sites for hydroxylation is 2. The van der Waals surface area contributed by atoms with Gasteiger partial charge in [-0.25, -0.2) is 0 Å². The third-order valence-corrected chi connectivity index (χ3v) is 5.00. The summed E-state index contributed by atoms with van der Waals surface area (Å²) in [5.41, 5.74) is 4.70. The summed E-state index contributed by atoms with van der Waals surface area (Å²) in [5, 5.41) is 0. The molecule has 1 aliphatic heterocycles. The maximum absolute atomic E-state index is 12.0. The highest BCUT2D eigenvalue weighted by Gasteiger charge is 2.49. The molecule has 106 valence electrons. The van der Waals surface area contributed by atoms with Crippen molar-refractivity contribution < 1.29 is 9.53 Å². The first-order valence-corrected chi connectivity index (χ1v) is 7.45. The monoisotopic (exact) mass is 270 g/mol. The van der Waals surface area contributed by atoms with Gasteiger partial charge in [0.1, 0.15) is 6.61 Å². The summed E-state index contributed by atoms with van der Waals surface area (Å²) in [5.74, 6) is 0.529. The van der Waals surface area contributed by atoms with Crippen LogP contribution in [-0.2, 0) is 9.53 Å². The molecule has 1 aliphatic carbocycles. The van der Waals surface area contributed by atoms with E-state index in [1.165, 1.54) is 16.7 Å². The molecule has 0 amide bonds. The van der Waals surface area contributed by atoms with Crippen molar-refractivity contribution in [3.8, 4) is 0 Å². The Morgan fingerprint density at radius 1 is 1.15 bits per heavy atom. The summed E-state index contributed by atoms with van der Waals surface area (Å²) < 4.78 is 5.20. The number of benzene rings is 1. The fraction of sp³-hybridized carbons (Fsp3) is 0.500. The predicted octanol–water partition coefficient (Wildman–Crippen LogP) is 4.06. The van der Waals surface area contributed by atoms with Crippen LogP contribution in [0.3, 0.4) is 0 Å². The predicted molar refractivity (Wildman–Crippen MR) is 79.7 cm³/mol. The summed E-state index contributed by atoms with van der Waals surface area (Å²) in [6.07, 6.45) is 3.89. The summed E-state index contributed by atoms with van der Waals surface area (Å²) in [6, 6.07) is 6.79. The first-order chi connectivity index (χ1) is 9.51. The molecule has 0 bridgehead atoms. The van der Waals surface area contributed by atoms with Crippen molar-refractivity contribution in [1.29, 1.82) is 0 Å². The average molecular weight is 270 g/mol. The van der Waals surface area contributed by atoms with Crippen molar-refractivity contribution >= 4 is 5.97 Å². The first kappa shape index (κ1) is 13.4. The van der Waals surface area contributed by atoms with Gasteiger partial charge in [0, 0.05) is 0 Å². The minimum Gasteiger partial charge on any atom is -0.460 e. The molecule has 1 saturated heterocycles. The molecule has 0 N–H and O–H groups in total. The van der Waals surface area contributed by atoms with Crippen LogP contribution in [0, 0.1) is 19.3 Å².